The van der Waals surface area contributed by atoms with E-state index in [1.165, 1.54) is 19.2 Å². The Hall–Kier alpha value is -4.66. The number of hydrogen-bond acceptors (Lipinski definition) is 6. The molecular formula is C27H26N4O5. The number of nitrogens with one attached hydrogen (secondary N) is 1. The number of nitrogens with zero attached hydrogens (tertiary/aromatic N) is 3. The van der Waals surface area contributed by atoms with E-state index in [4.69, 9.17) is 9.47 Å². The first-order chi connectivity index (χ1) is 17.5. The molecule has 4 aromatic rings. The van der Waals surface area contributed by atoms with E-state index in [1.54, 1.807) is 13.1 Å². The molecule has 1 heterocycles. The van der Waals surface area contributed by atoms with E-state index in [0.29, 0.717) is 13.2 Å². The monoisotopic (exact) mass is 486 g/mol. The number of aromatic nitrogens is 2. The first kappa shape index (κ1) is 24.5. The van der Waals surface area contributed by atoms with Crippen LogP contribution in [0.4, 0.5) is 5.69 Å². The van der Waals surface area contributed by atoms with Crippen LogP contribution >= 0.6 is 0 Å². The van der Waals surface area contributed by atoms with Gasteiger partial charge in [-0.15, -0.1) is 0 Å². The van der Waals surface area contributed by atoms with E-state index in [9.17, 15) is 14.9 Å². The zero-order chi connectivity index (χ0) is 25.5. The smallest absolute Gasteiger partial charge is 0.286 e. The lowest BCUT2D eigenvalue weighted by Gasteiger charge is -2.14. The SMILES string of the molecule is CCOc1cc([N+](=O)[O-])c(C(=O)NCc2ccccc2-c2ccc(Cn3cccn3)cc2)cc1OC. The Morgan fingerprint density at radius 2 is 1.86 bits per heavy atom. The Morgan fingerprint density at radius 3 is 2.53 bits per heavy atom. The van der Waals surface area contributed by atoms with Gasteiger partial charge in [-0.05, 0) is 35.2 Å². The lowest BCUT2D eigenvalue weighted by Crippen LogP contribution is -2.24. The molecule has 0 fully saturated rings. The van der Waals surface area contributed by atoms with Gasteiger partial charge in [0.1, 0.15) is 5.56 Å². The van der Waals surface area contributed by atoms with Crippen molar-refractivity contribution in [1.82, 2.24) is 15.1 Å². The molecule has 9 heteroatoms. The van der Waals surface area contributed by atoms with Crippen LogP contribution in [0.3, 0.4) is 0 Å². The van der Waals surface area contributed by atoms with Crippen molar-refractivity contribution in [2.75, 3.05) is 13.7 Å². The minimum absolute atomic E-state index is 0.0965. The normalized spacial score (nSPS) is 10.6. The molecule has 1 aromatic heterocycles. The topological polar surface area (TPSA) is 109 Å². The molecule has 1 N–H and O–H groups in total. The third kappa shape index (κ3) is 5.52. The lowest BCUT2D eigenvalue weighted by atomic mass is 9.98. The summed E-state index contributed by atoms with van der Waals surface area (Å²) >= 11 is 0. The molecule has 0 saturated carbocycles. The molecule has 0 aliphatic heterocycles. The fourth-order valence-corrected chi connectivity index (χ4v) is 3.91. The van der Waals surface area contributed by atoms with E-state index in [0.717, 1.165) is 22.3 Å². The van der Waals surface area contributed by atoms with E-state index in [-0.39, 0.29) is 29.3 Å². The van der Waals surface area contributed by atoms with Gasteiger partial charge in [0.15, 0.2) is 11.5 Å². The number of carbonyl (C=O) groups is 1. The number of carbonyl (C=O) groups excluding carboxylic acids is 1. The fraction of sp³-hybridized carbons (Fsp3) is 0.185. The second-order valence-corrected chi connectivity index (χ2v) is 7.95. The van der Waals surface area contributed by atoms with Gasteiger partial charge >= 0.3 is 0 Å². The standard InChI is InChI=1S/C27H26N4O5/c1-3-36-26-16-24(31(33)34)23(15-25(26)35-2)27(32)28-17-21-7-4-5-8-22(21)20-11-9-19(10-12-20)18-30-14-6-13-29-30/h4-16H,3,17-18H2,1-2H3,(H,28,32). The van der Waals surface area contributed by atoms with Gasteiger partial charge in [-0.1, -0.05) is 48.5 Å². The largest absolute Gasteiger partial charge is 0.493 e. The molecule has 0 saturated heterocycles. The maximum absolute atomic E-state index is 13.0. The Kier molecular flexibility index (Phi) is 7.60. The van der Waals surface area contributed by atoms with E-state index in [1.807, 2.05) is 65.5 Å². The van der Waals surface area contributed by atoms with Crippen LogP contribution < -0.4 is 14.8 Å². The third-order valence-corrected chi connectivity index (χ3v) is 5.65. The molecule has 0 aliphatic carbocycles. The fourth-order valence-electron chi connectivity index (χ4n) is 3.91. The van der Waals surface area contributed by atoms with Crippen molar-refractivity contribution in [2.45, 2.75) is 20.0 Å². The summed E-state index contributed by atoms with van der Waals surface area (Å²) in [4.78, 5) is 24.0. The van der Waals surface area contributed by atoms with Crippen LogP contribution in [-0.2, 0) is 13.1 Å². The molecular weight excluding hydrogens is 460 g/mol. The predicted octanol–water partition coefficient (Wildman–Crippen LogP) is 4.84. The highest BCUT2D eigenvalue weighted by Gasteiger charge is 2.24. The zero-order valence-corrected chi connectivity index (χ0v) is 20.0. The van der Waals surface area contributed by atoms with Crippen LogP contribution in [0.25, 0.3) is 11.1 Å². The average Bonchev–Trinajstić information content (AvgIpc) is 3.41. The summed E-state index contributed by atoms with van der Waals surface area (Å²) in [5.41, 5.74) is 3.51. The van der Waals surface area contributed by atoms with Gasteiger partial charge in [-0.3, -0.25) is 19.6 Å². The van der Waals surface area contributed by atoms with Crippen molar-refractivity contribution >= 4 is 11.6 Å². The molecule has 9 nitrogen and oxygen atoms in total. The van der Waals surface area contributed by atoms with Gasteiger partial charge in [0.25, 0.3) is 11.6 Å². The Bertz CT molecular complexity index is 1350. The maximum Gasteiger partial charge on any atom is 0.286 e. The van der Waals surface area contributed by atoms with Crippen LogP contribution in [0.2, 0.25) is 0 Å². The summed E-state index contributed by atoms with van der Waals surface area (Å²) in [7, 11) is 1.42. The second kappa shape index (κ2) is 11.2. The Balaban J connectivity index is 1.54. The number of nitro benzene ring substituents is 1. The number of amides is 1. The van der Waals surface area contributed by atoms with Crippen LogP contribution in [0.1, 0.15) is 28.4 Å². The number of methoxy groups -OCH3 is 1. The Labute approximate surface area is 208 Å². The van der Waals surface area contributed by atoms with Gasteiger partial charge < -0.3 is 14.8 Å². The van der Waals surface area contributed by atoms with Gasteiger partial charge in [-0.25, -0.2) is 0 Å². The molecule has 184 valence electrons. The highest BCUT2D eigenvalue weighted by Crippen LogP contribution is 2.35. The summed E-state index contributed by atoms with van der Waals surface area (Å²) in [6.45, 7) is 2.93. The van der Waals surface area contributed by atoms with Crippen molar-refractivity contribution in [1.29, 1.82) is 0 Å². The second-order valence-electron chi connectivity index (χ2n) is 7.95. The van der Waals surface area contributed by atoms with E-state index < -0.39 is 10.8 Å². The molecule has 0 spiro atoms. The summed E-state index contributed by atoms with van der Waals surface area (Å²) in [6.07, 6.45) is 3.66. The van der Waals surface area contributed by atoms with Gasteiger partial charge in [-0.2, -0.15) is 5.10 Å². The molecule has 4 rings (SSSR count). The summed E-state index contributed by atoms with van der Waals surface area (Å²) in [5.74, 6) is -0.111. The maximum atomic E-state index is 13.0. The minimum atomic E-state index is -0.602. The molecule has 0 aliphatic rings. The summed E-state index contributed by atoms with van der Waals surface area (Å²) in [6, 6.07) is 20.3. The molecule has 0 bridgehead atoms. The van der Waals surface area contributed by atoms with Crippen LogP contribution in [0.5, 0.6) is 11.5 Å². The van der Waals surface area contributed by atoms with Crippen molar-refractivity contribution in [3.05, 3.63) is 106 Å². The van der Waals surface area contributed by atoms with Gasteiger partial charge in [0.2, 0.25) is 0 Å². The minimum Gasteiger partial charge on any atom is -0.493 e. The van der Waals surface area contributed by atoms with Gasteiger partial charge in [0.05, 0.1) is 31.3 Å². The first-order valence-electron chi connectivity index (χ1n) is 11.4. The van der Waals surface area contributed by atoms with Crippen LogP contribution in [0, 0.1) is 10.1 Å². The van der Waals surface area contributed by atoms with Crippen molar-refractivity contribution in [2.24, 2.45) is 0 Å². The first-order valence-corrected chi connectivity index (χ1v) is 11.4. The lowest BCUT2D eigenvalue weighted by molar-refractivity contribution is -0.385. The summed E-state index contributed by atoms with van der Waals surface area (Å²) in [5, 5.41) is 18.7. The number of nitro groups is 1. The number of rotatable bonds is 10. The molecule has 1 amide bonds. The van der Waals surface area contributed by atoms with Gasteiger partial charge in [0, 0.05) is 25.0 Å². The quantitative estimate of drug-likeness (QED) is 0.254. The summed E-state index contributed by atoms with van der Waals surface area (Å²) < 4.78 is 12.5. The highest BCUT2D eigenvalue weighted by atomic mass is 16.6. The molecule has 3 aromatic carbocycles. The van der Waals surface area contributed by atoms with Crippen molar-refractivity contribution < 1.29 is 19.2 Å². The molecule has 36 heavy (non-hydrogen) atoms. The molecule has 0 atom stereocenters. The highest BCUT2D eigenvalue weighted by molar-refractivity contribution is 5.99. The van der Waals surface area contributed by atoms with E-state index >= 15 is 0 Å². The zero-order valence-electron chi connectivity index (χ0n) is 20.0. The number of hydrogen-bond donors (Lipinski definition) is 1. The predicted molar refractivity (Wildman–Crippen MR) is 135 cm³/mol. The van der Waals surface area contributed by atoms with Crippen LogP contribution in [-0.4, -0.2) is 34.3 Å². The number of benzene rings is 3. The Morgan fingerprint density at radius 1 is 1.08 bits per heavy atom. The van der Waals surface area contributed by atoms with E-state index in [2.05, 4.69) is 10.4 Å². The van der Waals surface area contributed by atoms with Crippen molar-refractivity contribution in [3.63, 3.8) is 0 Å². The third-order valence-electron chi connectivity index (χ3n) is 5.65. The average molecular weight is 487 g/mol. The molecule has 0 unspecified atom stereocenters. The molecule has 0 radical (unpaired) electrons. The van der Waals surface area contributed by atoms with Crippen LogP contribution in [0.15, 0.2) is 79.1 Å². The van der Waals surface area contributed by atoms with Crippen molar-refractivity contribution in [3.8, 4) is 22.6 Å². The number of ether oxygens (including phenoxy) is 2.